The van der Waals surface area contributed by atoms with Crippen LogP contribution in [0, 0.1) is 0 Å². The predicted molar refractivity (Wildman–Crippen MR) is 96.3 cm³/mol. The summed E-state index contributed by atoms with van der Waals surface area (Å²) in [6.45, 7) is 5.58. The maximum atomic E-state index is 9.88. The van der Waals surface area contributed by atoms with Crippen LogP contribution in [-0.4, -0.2) is 55.2 Å². The number of aliphatic hydroxyl groups excluding tert-OH is 1. The van der Waals surface area contributed by atoms with Crippen LogP contribution in [0.1, 0.15) is 37.7 Å². The minimum absolute atomic E-state index is 0.0861. The Balaban J connectivity index is 1.48. The first-order valence-corrected chi connectivity index (χ1v) is 9.95. The number of benzene rings is 1. The Bertz CT molecular complexity index is 465. The topological polar surface area (TPSA) is 32.7 Å². The molecule has 0 unspecified atom stereocenters. The number of rotatable bonds is 7. The van der Waals surface area contributed by atoms with E-state index in [2.05, 4.69) is 29.2 Å². The summed E-state index contributed by atoms with van der Waals surface area (Å²) in [5.41, 5.74) is 1.18. The molecule has 0 spiro atoms. The van der Waals surface area contributed by atoms with Gasteiger partial charge in [0.15, 0.2) is 0 Å². The molecule has 0 atom stereocenters. The molecule has 0 radical (unpaired) electrons. The quantitative estimate of drug-likeness (QED) is 0.612. The number of hydrogen-bond donors (Lipinski definition) is 1. The molecule has 0 aromatic heterocycles. The highest BCUT2D eigenvalue weighted by Gasteiger charge is 2.33. The highest BCUT2D eigenvalue weighted by atomic mass is 32.2. The van der Waals surface area contributed by atoms with Gasteiger partial charge >= 0.3 is 0 Å². The van der Waals surface area contributed by atoms with E-state index in [9.17, 15) is 5.11 Å². The Labute approximate surface area is 144 Å². The van der Waals surface area contributed by atoms with Crippen molar-refractivity contribution in [2.24, 2.45) is 0 Å². The number of likely N-dealkylation sites (tertiary alicyclic amines) is 1. The average molecular weight is 336 g/mol. The minimum atomic E-state index is -0.0861. The second-order valence-corrected chi connectivity index (χ2v) is 7.99. The fourth-order valence-corrected chi connectivity index (χ4v) is 4.53. The fourth-order valence-electron chi connectivity index (χ4n) is 3.69. The first kappa shape index (κ1) is 17.3. The van der Waals surface area contributed by atoms with Gasteiger partial charge in [-0.25, -0.2) is 0 Å². The van der Waals surface area contributed by atoms with Gasteiger partial charge in [0.25, 0.3) is 0 Å². The normalized spacial score (nSPS) is 21.6. The molecular formula is C19H29NO2S. The summed E-state index contributed by atoms with van der Waals surface area (Å²) in [5, 5.41) is 9.88. The Morgan fingerprint density at radius 3 is 2.43 bits per heavy atom. The molecule has 128 valence electrons. The fraction of sp³-hybridized carbons (Fsp3) is 0.684. The van der Waals surface area contributed by atoms with Crippen molar-refractivity contribution < 1.29 is 9.84 Å². The minimum Gasteiger partial charge on any atom is -0.395 e. The number of hydrogen-bond acceptors (Lipinski definition) is 4. The third-order valence-electron chi connectivity index (χ3n) is 5.31. The zero-order chi connectivity index (χ0) is 16.0. The zero-order valence-electron chi connectivity index (χ0n) is 14.0. The molecule has 0 amide bonds. The van der Waals surface area contributed by atoms with Gasteiger partial charge in [0.1, 0.15) is 0 Å². The molecule has 23 heavy (non-hydrogen) atoms. The van der Waals surface area contributed by atoms with E-state index >= 15 is 0 Å². The average Bonchev–Trinajstić information content (AvgIpc) is 3.13. The van der Waals surface area contributed by atoms with Crippen molar-refractivity contribution in [3.05, 3.63) is 29.8 Å². The van der Waals surface area contributed by atoms with Crippen LogP contribution < -0.4 is 0 Å². The Hall–Kier alpha value is -0.550. The van der Waals surface area contributed by atoms with E-state index in [1.165, 1.54) is 55.1 Å². The molecule has 2 fully saturated rings. The predicted octanol–water partition coefficient (Wildman–Crippen LogP) is 3.31. The molecule has 1 aromatic carbocycles. The maximum absolute atomic E-state index is 9.88. The van der Waals surface area contributed by atoms with Crippen LogP contribution in [0.2, 0.25) is 0 Å². The molecule has 3 rings (SSSR count). The molecule has 2 aliphatic rings. The van der Waals surface area contributed by atoms with Crippen LogP contribution in [0.15, 0.2) is 29.2 Å². The van der Waals surface area contributed by atoms with Gasteiger partial charge in [-0.1, -0.05) is 12.1 Å². The van der Waals surface area contributed by atoms with E-state index in [0.29, 0.717) is 0 Å². The first-order valence-electron chi connectivity index (χ1n) is 8.97. The molecule has 0 aliphatic carbocycles. The van der Waals surface area contributed by atoms with Crippen LogP contribution >= 0.6 is 11.8 Å². The van der Waals surface area contributed by atoms with Gasteiger partial charge in [-0.05, 0) is 75.2 Å². The van der Waals surface area contributed by atoms with Crippen molar-refractivity contribution in [1.82, 2.24) is 4.90 Å². The smallest absolute Gasteiger partial charge is 0.0529 e. The number of nitrogens with zero attached hydrogens (tertiary/aromatic N) is 1. The van der Waals surface area contributed by atoms with Crippen molar-refractivity contribution in [3.63, 3.8) is 0 Å². The molecule has 3 nitrogen and oxygen atoms in total. The Kier molecular flexibility index (Phi) is 6.40. The van der Waals surface area contributed by atoms with E-state index in [4.69, 9.17) is 4.74 Å². The summed E-state index contributed by atoms with van der Waals surface area (Å²) in [4.78, 5) is 3.93. The monoisotopic (exact) mass is 335 g/mol. The standard InChI is InChI=1S/C19H29NO2S/c21-16-19(8-13-22-14-9-19)17-4-6-18(7-5-17)23-15-3-12-20-10-1-2-11-20/h4-7,21H,1-3,8-16H2. The van der Waals surface area contributed by atoms with Crippen LogP contribution in [0.3, 0.4) is 0 Å². The van der Waals surface area contributed by atoms with Gasteiger partial charge in [0, 0.05) is 23.5 Å². The van der Waals surface area contributed by atoms with Gasteiger partial charge in [-0.2, -0.15) is 0 Å². The maximum Gasteiger partial charge on any atom is 0.0529 e. The largest absolute Gasteiger partial charge is 0.395 e. The van der Waals surface area contributed by atoms with E-state index in [0.717, 1.165) is 26.1 Å². The number of thioether (sulfide) groups is 1. The second-order valence-electron chi connectivity index (χ2n) is 6.83. The van der Waals surface area contributed by atoms with E-state index < -0.39 is 0 Å². The van der Waals surface area contributed by atoms with E-state index in [1.54, 1.807) is 0 Å². The van der Waals surface area contributed by atoms with Crippen molar-refractivity contribution in [3.8, 4) is 0 Å². The lowest BCUT2D eigenvalue weighted by Gasteiger charge is -2.36. The van der Waals surface area contributed by atoms with Gasteiger partial charge in [-0.3, -0.25) is 0 Å². The summed E-state index contributed by atoms with van der Waals surface area (Å²) < 4.78 is 5.46. The molecule has 0 bridgehead atoms. The summed E-state index contributed by atoms with van der Waals surface area (Å²) in [6, 6.07) is 8.88. The first-order chi connectivity index (χ1) is 11.3. The molecule has 4 heteroatoms. The molecule has 2 saturated heterocycles. The molecule has 2 heterocycles. The summed E-state index contributed by atoms with van der Waals surface area (Å²) >= 11 is 1.95. The third kappa shape index (κ3) is 4.50. The second kappa shape index (κ2) is 8.52. The third-order valence-corrected chi connectivity index (χ3v) is 6.40. The molecule has 2 aliphatic heterocycles. The van der Waals surface area contributed by atoms with E-state index in [1.807, 2.05) is 11.8 Å². The summed E-state index contributed by atoms with van der Waals surface area (Å²) in [7, 11) is 0. The Morgan fingerprint density at radius 2 is 1.78 bits per heavy atom. The number of ether oxygens (including phenoxy) is 1. The SMILES string of the molecule is OCC1(c2ccc(SCCCN3CCCC3)cc2)CCOCC1. The van der Waals surface area contributed by atoms with E-state index in [-0.39, 0.29) is 12.0 Å². The van der Waals surface area contributed by atoms with Crippen molar-refractivity contribution in [2.45, 2.75) is 42.4 Å². The van der Waals surface area contributed by atoms with Gasteiger partial charge < -0.3 is 14.7 Å². The van der Waals surface area contributed by atoms with Crippen LogP contribution in [-0.2, 0) is 10.2 Å². The highest BCUT2D eigenvalue weighted by molar-refractivity contribution is 7.99. The molecule has 1 aromatic rings. The molecule has 1 N–H and O–H groups in total. The summed E-state index contributed by atoms with van der Waals surface area (Å²) in [6.07, 6.45) is 5.88. The number of aliphatic hydroxyl groups is 1. The van der Waals surface area contributed by atoms with Crippen LogP contribution in [0.4, 0.5) is 0 Å². The lowest BCUT2D eigenvalue weighted by Crippen LogP contribution is -2.37. The van der Waals surface area contributed by atoms with Gasteiger partial charge in [-0.15, -0.1) is 11.8 Å². The molecule has 0 saturated carbocycles. The highest BCUT2D eigenvalue weighted by Crippen LogP contribution is 2.35. The Morgan fingerprint density at radius 1 is 1.09 bits per heavy atom. The lowest BCUT2D eigenvalue weighted by molar-refractivity contribution is 0.0253. The lowest BCUT2D eigenvalue weighted by atomic mass is 9.75. The van der Waals surface area contributed by atoms with Crippen LogP contribution in [0.25, 0.3) is 0 Å². The zero-order valence-corrected chi connectivity index (χ0v) is 14.8. The van der Waals surface area contributed by atoms with Gasteiger partial charge in [0.05, 0.1) is 6.61 Å². The van der Waals surface area contributed by atoms with Crippen LogP contribution in [0.5, 0.6) is 0 Å². The van der Waals surface area contributed by atoms with Gasteiger partial charge in [0.2, 0.25) is 0 Å². The molecular weight excluding hydrogens is 306 g/mol. The summed E-state index contributed by atoms with van der Waals surface area (Å²) in [5.74, 6) is 1.19. The van der Waals surface area contributed by atoms with Crippen molar-refractivity contribution in [2.75, 3.05) is 45.2 Å². The van der Waals surface area contributed by atoms with Crippen molar-refractivity contribution in [1.29, 1.82) is 0 Å². The van der Waals surface area contributed by atoms with Crippen molar-refractivity contribution >= 4 is 11.8 Å².